The van der Waals surface area contributed by atoms with Crippen molar-refractivity contribution in [3.05, 3.63) is 89.0 Å². The van der Waals surface area contributed by atoms with Crippen molar-refractivity contribution in [1.29, 1.82) is 0 Å². The van der Waals surface area contributed by atoms with Gasteiger partial charge in [0.1, 0.15) is 11.5 Å². The summed E-state index contributed by atoms with van der Waals surface area (Å²) >= 11 is 0. The number of carbonyl (C=O) groups excluding carboxylic acids is 2. The van der Waals surface area contributed by atoms with Gasteiger partial charge >= 0.3 is 0 Å². The van der Waals surface area contributed by atoms with Crippen LogP contribution in [0.5, 0.6) is 17.2 Å². The molecule has 2 aliphatic heterocycles. The van der Waals surface area contributed by atoms with Crippen molar-refractivity contribution < 1.29 is 28.9 Å². The van der Waals surface area contributed by atoms with Crippen LogP contribution in [-0.4, -0.2) is 30.2 Å². The second-order valence-corrected chi connectivity index (χ2v) is 8.08. The molecule has 2 aliphatic rings. The van der Waals surface area contributed by atoms with E-state index in [2.05, 4.69) is 0 Å². The van der Waals surface area contributed by atoms with Crippen molar-refractivity contribution in [1.82, 2.24) is 0 Å². The van der Waals surface area contributed by atoms with Gasteiger partial charge in [-0.3, -0.25) is 14.5 Å². The maximum absolute atomic E-state index is 13.3. The van der Waals surface area contributed by atoms with Gasteiger partial charge in [0.25, 0.3) is 11.7 Å². The van der Waals surface area contributed by atoms with Crippen molar-refractivity contribution in [3.8, 4) is 17.2 Å². The minimum atomic E-state index is -0.817. The van der Waals surface area contributed by atoms with Crippen LogP contribution in [0.15, 0.2) is 72.3 Å². The van der Waals surface area contributed by atoms with Gasteiger partial charge in [0, 0.05) is 11.3 Å². The molecule has 7 nitrogen and oxygen atoms in total. The van der Waals surface area contributed by atoms with Gasteiger partial charge in [-0.05, 0) is 67.4 Å². The van der Waals surface area contributed by atoms with E-state index in [1.807, 2.05) is 32.0 Å². The molecule has 0 aliphatic carbocycles. The number of anilines is 1. The van der Waals surface area contributed by atoms with Crippen LogP contribution in [0.25, 0.3) is 5.76 Å². The van der Waals surface area contributed by atoms with Gasteiger partial charge in [0.15, 0.2) is 11.5 Å². The number of rotatable bonds is 5. The van der Waals surface area contributed by atoms with E-state index in [1.54, 1.807) is 48.5 Å². The van der Waals surface area contributed by atoms with Crippen molar-refractivity contribution in [2.24, 2.45) is 0 Å². The molecule has 1 N–H and O–H groups in total. The molecule has 1 unspecified atom stereocenters. The molecule has 0 bridgehead atoms. The molecule has 34 heavy (non-hydrogen) atoms. The lowest BCUT2D eigenvalue weighted by Gasteiger charge is -2.26. The van der Waals surface area contributed by atoms with Crippen molar-refractivity contribution in [2.75, 3.05) is 18.3 Å². The highest BCUT2D eigenvalue weighted by Gasteiger charge is 2.47. The van der Waals surface area contributed by atoms with Gasteiger partial charge in [-0.2, -0.15) is 0 Å². The number of Topliss-reactive ketones (excluding diaryl/α,β-unsaturated/α-hetero) is 1. The minimum Gasteiger partial charge on any atom is -0.507 e. The average Bonchev–Trinajstić information content (AvgIpc) is 3.41. The number of ketones is 1. The zero-order chi connectivity index (χ0) is 23.8. The monoisotopic (exact) mass is 457 g/mol. The van der Waals surface area contributed by atoms with Crippen LogP contribution in [0.2, 0.25) is 0 Å². The van der Waals surface area contributed by atoms with E-state index in [9.17, 15) is 14.7 Å². The van der Waals surface area contributed by atoms with Crippen LogP contribution in [0, 0.1) is 6.92 Å². The van der Waals surface area contributed by atoms with Gasteiger partial charge in [0.05, 0.1) is 18.2 Å². The Balaban J connectivity index is 1.68. The molecule has 0 spiro atoms. The van der Waals surface area contributed by atoms with Crippen LogP contribution in [0.3, 0.4) is 0 Å². The lowest BCUT2D eigenvalue weighted by atomic mass is 9.95. The Kier molecular flexibility index (Phi) is 5.45. The summed E-state index contributed by atoms with van der Waals surface area (Å²) in [5, 5.41) is 11.3. The number of aliphatic hydroxyl groups excluding tert-OH is 1. The Hall–Kier alpha value is -4.26. The van der Waals surface area contributed by atoms with Crippen LogP contribution in [0.1, 0.15) is 29.7 Å². The molecule has 1 atom stereocenters. The Morgan fingerprint density at radius 2 is 1.79 bits per heavy atom. The van der Waals surface area contributed by atoms with Gasteiger partial charge < -0.3 is 19.3 Å². The van der Waals surface area contributed by atoms with E-state index in [4.69, 9.17) is 14.2 Å². The highest BCUT2D eigenvalue weighted by molar-refractivity contribution is 6.51. The van der Waals surface area contributed by atoms with E-state index in [1.165, 1.54) is 4.90 Å². The standard InChI is InChI=1S/C27H23NO6/c1-3-32-20-10-7-17(8-11-20)24-23(25(29)18-9-12-21-22(14-18)34-15-33-21)26(30)27(31)28(24)19-6-4-5-16(2)13-19/h4-14,24,29H,3,15H2,1-2H3/b25-23-. The number of hydrogen-bond acceptors (Lipinski definition) is 6. The fraction of sp³-hybridized carbons (Fsp3) is 0.185. The van der Waals surface area contributed by atoms with Gasteiger partial charge in [-0.25, -0.2) is 0 Å². The van der Waals surface area contributed by atoms with E-state index in [0.29, 0.717) is 40.7 Å². The number of hydrogen-bond donors (Lipinski definition) is 1. The van der Waals surface area contributed by atoms with E-state index in [0.717, 1.165) is 5.56 Å². The number of amides is 1. The maximum Gasteiger partial charge on any atom is 0.300 e. The van der Waals surface area contributed by atoms with Crippen LogP contribution in [-0.2, 0) is 9.59 Å². The van der Waals surface area contributed by atoms with Crippen LogP contribution in [0.4, 0.5) is 5.69 Å². The fourth-order valence-corrected chi connectivity index (χ4v) is 4.30. The number of aliphatic hydroxyl groups is 1. The number of ether oxygens (including phenoxy) is 3. The second kappa shape index (κ2) is 8.59. The molecule has 2 heterocycles. The zero-order valence-electron chi connectivity index (χ0n) is 18.8. The molecular weight excluding hydrogens is 434 g/mol. The van der Waals surface area contributed by atoms with Gasteiger partial charge in [-0.15, -0.1) is 0 Å². The molecule has 3 aromatic rings. The molecule has 0 radical (unpaired) electrons. The number of benzene rings is 3. The Labute approximate surface area is 196 Å². The number of nitrogens with zero attached hydrogens (tertiary/aromatic N) is 1. The third-order valence-corrected chi connectivity index (χ3v) is 5.88. The summed E-state index contributed by atoms with van der Waals surface area (Å²) in [6.07, 6.45) is 0. The third kappa shape index (κ3) is 3.65. The molecule has 0 aromatic heterocycles. The van der Waals surface area contributed by atoms with Crippen LogP contribution >= 0.6 is 0 Å². The first-order valence-corrected chi connectivity index (χ1v) is 11.0. The van der Waals surface area contributed by atoms with E-state index in [-0.39, 0.29) is 18.1 Å². The summed E-state index contributed by atoms with van der Waals surface area (Å²) < 4.78 is 16.3. The Morgan fingerprint density at radius 1 is 1.03 bits per heavy atom. The number of carbonyl (C=O) groups is 2. The first-order chi connectivity index (χ1) is 16.5. The minimum absolute atomic E-state index is 0.00883. The average molecular weight is 457 g/mol. The summed E-state index contributed by atoms with van der Waals surface area (Å²) in [5.41, 5.74) is 2.56. The first-order valence-electron chi connectivity index (χ1n) is 11.0. The topological polar surface area (TPSA) is 85.3 Å². The third-order valence-electron chi connectivity index (χ3n) is 5.88. The SMILES string of the molecule is CCOc1ccc(C2/C(=C(/O)c3ccc4c(c3)OCO4)C(=O)C(=O)N2c2cccc(C)c2)cc1. The quantitative estimate of drug-likeness (QED) is 0.338. The normalized spacial score (nSPS) is 18.4. The molecule has 5 rings (SSSR count). The van der Waals surface area contributed by atoms with Crippen molar-refractivity contribution >= 4 is 23.1 Å². The summed E-state index contributed by atoms with van der Waals surface area (Å²) in [6.45, 7) is 4.42. The van der Waals surface area contributed by atoms with Crippen molar-refractivity contribution in [2.45, 2.75) is 19.9 Å². The fourth-order valence-electron chi connectivity index (χ4n) is 4.30. The molecule has 1 fully saturated rings. The Morgan fingerprint density at radius 3 is 2.53 bits per heavy atom. The summed E-state index contributed by atoms with van der Waals surface area (Å²) in [4.78, 5) is 28.0. The molecular formula is C27H23NO6. The molecule has 7 heteroatoms. The van der Waals surface area contributed by atoms with Gasteiger partial charge in [-0.1, -0.05) is 24.3 Å². The van der Waals surface area contributed by atoms with Crippen molar-refractivity contribution in [3.63, 3.8) is 0 Å². The summed E-state index contributed by atoms with van der Waals surface area (Å²) in [7, 11) is 0. The molecule has 172 valence electrons. The highest BCUT2D eigenvalue weighted by Crippen LogP contribution is 2.43. The largest absolute Gasteiger partial charge is 0.507 e. The maximum atomic E-state index is 13.3. The van der Waals surface area contributed by atoms with Crippen LogP contribution < -0.4 is 19.1 Å². The van der Waals surface area contributed by atoms with E-state index < -0.39 is 17.7 Å². The zero-order valence-corrected chi connectivity index (χ0v) is 18.8. The number of aryl methyl sites for hydroxylation is 1. The number of fused-ring (bicyclic) bond motifs is 1. The summed E-state index contributed by atoms with van der Waals surface area (Å²) in [5.74, 6) is -0.0306. The smallest absolute Gasteiger partial charge is 0.300 e. The summed E-state index contributed by atoms with van der Waals surface area (Å²) in [6, 6.07) is 18.6. The molecule has 0 saturated carbocycles. The predicted molar refractivity (Wildman–Crippen MR) is 126 cm³/mol. The molecule has 3 aromatic carbocycles. The molecule has 1 saturated heterocycles. The van der Waals surface area contributed by atoms with Gasteiger partial charge in [0.2, 0.25) is 6.79 Å². The first kappa shape index (κ1) is 21.6. The Bertz CT molecular complexity index is 1310. The highest BCUT2D eigenvalue weighted by atomic mass is 16.7. The predicted octanol–water partition coefficient (Wildman–Crippen LogP) is 4.75. The lowest BCUT2D eigenvalue weighted by Crippen LogP contribution is -2.29. The molecule has 1 amide bonds. The second-order valence-electron chi connectivity index (χ2n) is 8.08. The lowest BCUT2D eigenvalue weighted by molar-refractivity contribution is -0.132. The van der Waals surface area contributed by atoms with E-state index >= 15 is 0 Å².